The van der Waals surface area contributed by atoms with E-state index in [1.165, 1.54) is 12.1 Å². The minimum atomic E-state index is -4.43. The maximum atomic E-state index is 12.8. The molecule has 10 heteroatoms. The topological polar surface area (TPSA) is 75.7 Å². The molecule has 2 aromatic carbocycles. The van der Waals surface area contributed by atoms with Crippen LogP contribution in [0.1, 0.15) is 5.56 Å². The summed E-state index contributed by atoms with van der Waals surface area (Å²) in [6.45, 7) is 0. The highest BCUT2D eigenvalue weighted by Crippen LogP contribution is 2.33. The lowest BCUT2D eigenvalue weighted by Gasteiger charge is -2.08. The number of pyridine rings is 1. The Balaban J connectivity index is 1.51. The van der Waals surface area contributed by atoms with Gasteiger partial charge in [0.15, 0.2) is 5.82 Å². The molecule has 0 saturated carbocycles. The summed E-state index contributed by atoms with van der Waals surface area (Å²) in [5.41, 5.74) is 0.0843. The first-order valence-electron chi connectivity index (χ1n) is 8.63. The minimum absolute atomic E-state index is 0.123. The Morgan fingerprint density at radius 1 is 1.00 bits per heavy atom. The summed E-state index contributed by atoms with van der Waals surface area (Å²) in [5, 5.41) is 9.82. The van der Waals surface area contributed by atoms with E-state index in [0.29, 0.717) is 27.9 Å². The molecule has 0 amide bonds. The summed E-state index contributed by atoms with van der Waals surface area (Å²) in [6.07, 6.45) is -1.23. The van der Waals surface area contributed by atoms with Crippen LogP contribution in [0.5, 0.6) is 11.5 Å². The van der Waals surface area contributed by atoms with Crippen LogP contribution in [-0.4, -0.2) is 20.2 Å². The fourth-order valence-electron chi connectivity index (χ4n) is 2.61. The predicted molar refractivity (Wildman–Crippen MR) is 106 cm³/mol. The van der Waals surface area contributed by atoms with Crippen molar-refractivity contribution in [3.63, 3.8) is 0 Å². The average Bonchev–Trinajstić information content (AvgIpc) is 3.18. The normalized spacial score (nSPS) is 11.3. The first-order chi connectivity index (χ1) is 14.4. The molecular formula is C20H13ClF3N5O. The maximum Gasteiger partial charge on any atom is 0.416 e. The number of anilines is 2. The van der Waals surface area contributed by atoms with Crippen molar-refractivity contribution >= 4 is 23.2 Å². The Bertz CT molecular complexity index is 1160. The van der Waals surface area contributed by atoms with Gasteiger partial charge in [-0.15, -0.1) is 5.10 Å². The number of ether oxygens (including phenoxy) is 1. The number of nitrogens with zero attached hydrogens (tertiary/aromatic N) is 3. The van der Waals surface area contributed by atoms with E-state index in [-0.39, 0.29) is 11.6 Å². The Morgan fingerprint density at radius 2 is 1.80 bits per heavy atom. The van der Waals surface area contributed by atoms with Gasteiger partial charge in [0.05, 0.1) is 10.6 Å². The van der Waals surface area contributed by atoms with Crippen molar-refractivity contribution < 1.29 is 17.9 Å². The molecule has 0 unspecified atom stereocenters. The van der Waals surface area contributed by atoms with Crippen LogP contribution in [0.15, 0.2) is 67.0 Å². The van der Waals surface area contributed by atoms with Gasteiger partial charge < -0.3 is 10.1 Å². The number of hydrogen-bond acceptors (Lipinski definition) is 5. The summed E-state index contributed by atoms with van der Waals surface area (Å²) >= 11 is 6.30. The van der Waals surface area contributed by atoms with Gasteiger partial charge in [-0.2, -0.15) is 18.2 Å². The average molecular weight is 432 g/mol. The van der Waals surface area contributed by atoms with Gasteiger partial charge in [0.2, 0.25) is 5.95 Å². The molecule has 2 N–H and O–H groups in total. The molecule has 0 aliphatic heterocycles. The van der Waals surface area contributed by atoms with Gasteiger partial charge >= 0.3 is 6.18 Å². The second kappa shape index (κ2) is 8.03. The fourth-order valence-corrected chi connectivity index (χ4v) is 2.83. The molecule has 0 spiro atoms. The largest absolute Gasteiger partial charge is 0.456 e. The summed E-state index contributed by atoms with van der Waals surface area (Å²) in [4.78, 5) is 8.17. The second-order valence-corrected chi connectivity index (χ2v) is 6.55. The quantitative estimate of drug-likeness (QED) is 0.401. The third kappa shape index (κ3) is 4.52. The molecule has 152 valence electrons. The molecule has 4 rings (SSSR count). The zero-order valence-corrected chi connectivity index (χ0v) is 15.9. The van der Waals surface area contributed by atoms with E-state index in [9.17, 15) is 13.2 Å². The van der Waals surface area contributed by atoms with Crippen LogP contribution in [0.4, 0.5) is 24.8 Å². The molecule has 0 radical (unpaired) electrons. The zero-order chi connectivity index (χ0) is 21.1. The second-order valence-electron chi connectivity index (χ2n) is 6.14. The van der Waals surface area contributed by atoms with Gasteiger partial charge in [-0.25, -0.2) is 0 Å². The maximum absolute atomic E-state index is 12.8. The van der Waals surface area contributed by atoms with E-state index in [1.54, 1.807) is 42.7 Å². The lowest BCUT2D eigenvalue weighted by atomic mass is 10.2. The Hall–Kier alpha value is -3.59. The van der Waals surface area contributed by atoms with Gasteiger partial charge in [0.25, 0.3) is 0 Å². The summed E-state index contributed by atoms with van der Waals surface area (Å²) in [6, 6.07) is 13.2. The van der Waals surface area contributed by atoms with E-state index in [0.717, 1.165) is 12.1 Å². The third-order valence-corrected chi connectivity index (χ3v) is 4.31. The zero-order valence-electron chi connectivity index (χ0n) is 15.1. The lowest BCUT2D eigenvalue weighted by Crippen LogP contribution is -2.05. The Morgan fingerprint density at radius 3 is 2.53 bits per heavy atom. The van der Waals surface area contributed by atoms with Crippen molar-refractivity contribution in [2.45, 2.75) is 6.18 Å². The highest BCUT2D eigenvalue weighted by molar-refractivity contribution is 6.32. The number of halogens is 4. The van der Waals surface area contributed by atoms with Crippen LogP contribution in [0.3, 0.4) is 0 Å². The number of hydrogen-bond donors (Lipinski definition) is 2. The number of rotatable bonds is 5. The first-order valence-corrected chi connectivity index (χ1v) is 9.01. The van der Waals surface area contributed by atoms with E-state index in [2.05, 4.69) is 25.5 Å². The van der Waals surface area contributed by atoms with Gasteiger partial charge in [-0.3, -0.25) is 10.1 Å². The third-order valence-electron chi connectivity index (χ3n) is 4.01. The van der Waals surface area contributed by atoms with E-state index in [1.807, 2.05) is 0 Å². The van der Waals surface area contributed by atoms with Crippen LogP contribution >= 0.6 is 11.6 Å². The van der Waals surface area contributed by atoms with Crippen LogP contribution in [-0.2, 0) is 6.18 Å². The molecule has 2 aromatic heterocycles. The number of aromatic amines is 1. The van der Waals surface area contributed by atoms with Crippen LogP contribution in [0, 0.1) is 0 Å². The highest BCUT2D eigenvalue weighted by Gasteiger charge is 2.30. The molecule has 0 aliphatic rings. The smallest absolute Gasteiger partial charge is 0.416 e. The molecule has 2 heterocycles. The number of nitrogens with one attached hydrogen (secondary N) is 2. The minimum Gasteiger partial charge on any atom is -0.456 e. The van der Waals surface area contributed by atoms with Crippen LogP contribution in [0.25, 0.3) is 11.4 Å². The van der Waals surface area contributed by atoms with Crippen LogP contribution in [0.2, 0.25) is 5.02 Å². The molecule has 0 aliphatic carbocycles. The lowest BCUT2D eigenvalue weighted by molar-refractivity contribution is -0.137. The van der Waals surface area contributed by atoms with Gasteiger partial charge in [-0.05, 0) is 48.5 Å². The van der Waals surface area contributed by atoms with Gasteiger partial charge in [0.1, 0.15) is 11.5 Å². The van der Waals surface area contributed by atoms with E-state index < -0.39 is 11.7 Å². The van der Waals surface area contributed by atoms with Crippen LogP contribution < -0.4 is 10.1 Å². The van der Waals surface area contributed by atoms with E-state index in [4.69, 9.17) is 16.3 Å². The van der Waals surface area contributed by atoms with Crippen molar-refractivity contribution in [2.75, 3.05) is 5.32 Å². The van der Waals surface area contributed by atoms with Crippen molar-refractivity contribution in [1.82, 2.24) is 20.2 Å². The van der Waals surface area contributed by atoms with Gasteiger partial charge in [-0.1, -0.05) is 17.7 Å². The highest BCUT2D eigenvalue weighted by atomic mass is 35.5. The molecule has 0 saturated heterocycles. The molecule has 0 bridgehead atoms. The number of alkyl halides is 3. The van der Waals surface area contributed by atoms with E-state index >= 15 is 0 Å². The first kappa shape index (κ1) is 19.7. The summed E-state index contributed by atoms with van der Waals surface area (Å²) in [5.74, 6) is 1.56. The fraction of sp³-hybridized carbons (Fsp3) is 0.0500. The standard InChI is InChI=1S/C20H13ClF3N5O/c21-16-10-12(4-5-17(16)30-15-6-8-25-9-7-15)18-27-19(29-28-18)26-14-3-1-2-13(11-14)20(22,23)24/h1-11H,(H2,26,27,28,29). The molecule has 4 aromatic rings. The number of aromatic nitrogens is 4. The Labute approximate surface area is 173 Å². The Kier molecular flexibility index (Phi) is 5.28. The SMILES string of the molecule is FC(F)(F)c1cccc(Nc2n[nH]c(-c3ccc(Oc4ccncc4)c(Cl)c3)n2)c1. The molecule has 30 heavy (non-hydrogen) atoms. The predicted octanol–water partition coefficient (Wildman–Crippen LogP) is 6.07. The van der Waals surface area contributed by atoms with Crippen molar-refractivity contribution in [3.05, 3.63) is 77.6 Å². The monoisotopic (exact) mass is 431 g/mol. The van der Waals surface area contributed by atoms with Crippen molar-refractivity contribution in [2.24, 2.45) is 0 Å². The molecule has 0 atom stereocenters. The summed E-state index contributed by atoms with van der Waals surface area (Å²) < 4.78 is 44.2. The van der Waals surface area contributed by atoms with Crippen molar-refractivity contribution in [1.29, 1.82) is 0 Å². The van der Waals surface area contributed by atoms with Gasteiger partial charge in [0, 0.05) is 23.6 Å². The van der Waals surface area contributed by atoms with Crippen molar-refractivity contribution in [3.8, 4) is 22.9 Å². The summed E-state index contributed by atoms with van der Waals surface area (Å²) in [7, 11) is 0. The molecular weight excluding hydrogens is 419 g/mol. The number of benzene rings is 2. The number of H-pyrrole nitrogens is 1. The molecule has 6 nitrogen and oxygen atoms in total. The molecule has 0 fully saturated rings.